The molecule has 1 aromatic heterocycles. The molecule has 3 aromatic rings. The summed E-state index contributed by atoms with van der Waals surface area (Å²) in [6.45, 7) is 1.54. The lowest BCUT2D eigenvalue weighted by Gasteiger charge is -2.21. The molecule has 4 heteroatoms. The zero-order chi connectivity index (χ0) is 16.5. The van der Waals surface area contributed by atoms with E-state index in [1.807, 2.05) is 24.3 Å². The van der Waals surface area contributed by atoms with Crippen molar-refractivity contribution in [3.8, 4) is 0 Å². The fourth-order valence-electron chi connectivity index (χ4n) is 3.40. The summed E-state index contributed by atoms with van der Waals surface area (Å²) in [7, 11) is 2.10. The van der Waals surface area contributed by atoms with Crippen LogP contribution in [0.1, 0.15) is 27.5 Å². The Kier molecular flexibility index (Phi) is 3.75. The number of benzene rings is 2. The lowest BCUT2D eigenvalue weighted by atomic mass is 10.0. The first kappa shape index (κ1) is 14.8. The Morgan fingerprint density at radius 1 is 1.21 bits per heavy atom. The third-order valence-corrected chi connectivity index (χ3v) is 4.72. The van der Waals surface area contributed by atoms with E-state index in [1.54, 1.807) is 12.4 Å². The van der Waals surface area contributed by atoms with Gasteiger partial charge in [-0.1, -0.05) is 30.3 Å². The molecule has 0 bridgehead atoms. The normalized spacial score (nSPS) is 17.0. The van der Waals surface area contributed by atoms with Gasteiger partial charge in [0.25, 0.3) is 5.91 Å². The predicted molar refractivity (Wildman–Crippen MR) is 94.7 cm³/mol. The van der Waals surface area contributed by atoms with Crippen molar-refractivity contribution in [2.24, 2.45) is 0 Å². The number of nitrogens with zero attached hydrogens (tertiary/aromatic N) is 2. The Morgan fingerprint density at radius 3 is 3.00 bits per heavy atom. The highest BCUT2D eigenvalue weighted by Crippen LogP contribution is 2.31. The first-order valence-corrected chi connectivity index (χ1v) is 8.12. The van der Waals surface area contributed by atoms with Crippen molar-refractivity contribution < 1.29 is 4.79 Å². The van der Waals surface area contributed by atoms with Gasteiger partial charge in [-0.2, -0.15) is 0 Å². The van der Waals surface area contributed by atoms with Crippen molar-refractivity contribution in [1.29, 1.82) is 0 Å². The largest absolute Gasteiger partial charge is 0.350 e. The summed E-state index contributed by atoms with van der Waals surface area (Å²) >= 11 is 0. The molecule has 120 valence electrons. The lowest BCUT2D eigenvalue weighted by Crippen LogP contribution is -2.32. The topological polar surface area (TPSA) is 45.2 Å². The fraction of sp³-hybridized carbons (Fsp3) is 0.200. The molecule has 0 fully saturated rings. The van der Waals surface area contributed by atoms with Crippen LogP contribution in [0.2, 0.25) is 0 Å². The number of rotatable bonds is 3. The van der Waals surface area contributed by atoms with Crippen LogP contribution in [-0.2, 0) is 6.54 Å². The van der Waals surface area contributed by atoms with Crippen LogP contribution in [0.15, 0.2) is 60.9 Å². The molecule has 4 nitrogen and oxygen atoms in total. The molecule has 1 N–H and O–H groups in total. The molecule has 1 atom stereocenters. The minimum absolute atomic E-state index is 0.0357. The predicted octanol–water partition coefficient (Wildman–Crippen LogP) is 3.15. The average molecular weight is 317 g/mol. The third kappa shape index (κ3) is 2.65. The van der Waals surface area contributed by atoms with Gasteiger partial charge in [-0.3, -0.25) is 14.7 Å². The van der Waals surface area contributed by atoms with E-state index in [1.165, 1.54) is 11.1 Å². The van der Waals surface area contributed by atoms with Crippen LogP contribution >= 0.6 is 0 Å². The molecule has 2 aromatic carbocycles. The molecule has 0 aliphatic carbocycles. The van der Waals surface area contributed by atoms with Crippen molar-refractivity contribution in [3.63, 3.8) is 0 Å². The zero-order valence-corrected chi connectivity index (χ0v) is 13.6. The first-order chi connectivity index (χ1) is 11.7. The van der Waals surface area contributed by atoms with E-state index in [0.29, 0.717) is 12.1 Å². The molecule has 1 unspecified atom stereocenters. The van der Waals surface area contributed by atoms with Crippen LogP contribution in [0.25, 0.3) is 10.8 Å². The average Bonchev–Trinajstić information content (AvgIpc) is 2.94. The third-order valence-electron chi connectivity index (χ3n) is 4.72. The summed E-state index contributed by atoms with van der Waals surface area (Å²) in [4.78, 5) is 18.9. The van der Waals surface area contributed by atoms with Crippen molar-refractivity contribution in [2.45, 2.75) is 12.6 Å². The van der Waals surface area contributed by atoms with E-state index in [4.69, 9.17) is 0 Å². The molecular weight excluding hydrogens is 298 g/mol. The summed E-state index contributed by atoms with van der Waals surface area (Å²) in [5, 5.41) is 5.15. The maximum Gasteiger partial charge on any atom is 0.251 e. The van der Waals surface area contributed by atoms with Crippen LogP contribution in [0.5, 0.6) is 0 Å². The van der Waals surface area contributed by atoms with E-state index in [0.717, 1.165) is 17.3 Å². The summed E-state index contributed by atoms with van der Waals surface area (Å²) in [6, 6.07) is 16.3. The first-order valence-electron chi connectivity index (χ1n) is 8.12. The molecule has 1 amide bonds. The van der Waals surface area contributed by atoms with E-state index in [9.17, 15) is 4.79 Å². The molecule has 2 heterocycles. The second-order valence-corrected chi connectivity index (χ2v) is 6.28. The lowest BCUT2D eigenvalue weighted by molar-refractivity contribution is 0.0941. The van der Waals surface area contributed by atoms with Gasteiger partial charge in [-0.25, -0.2) is 0 Å². The maximum absolute atomic E-state index is 12.5. The smallest absolute Gasteiger partial charge is 0.251 e. The molecule has 0 saturated carbocycles. The highest BCUT2D eigenvalue weighted by molar-refractivity contribution is 5.98. The minimum atomic E-state index is -0.0357. The van der Waals surface area contributed by atoms with Gasteiger partial charge in [0.1, 0.15) is 0 Å². The number of aromatic nitrogens is 1. The number of nitrogens with one attached hydrogen (secondary N) is 1. The number of carbonyl (C=O) groups excluding carboxylic acids is 1. The zero-order valence-electron chi connectivity index (χ0n) is 13.6. The second kappa shape index (κ2) is 6.06. The van der Waals surface area contributed by atoms with E-state index in [-0.39, 0.29) is 11.9 Å². The van der Waals surface area contributed by atoms with Crippen LogP contribution in [-0.4, -0.2) is 29.4 Å². The quantitative estimate of drug-likeness (QED) is 0.807. The number of amides is 1. The van der Waals surface area contributed by atoms with Gasteiger partial charge in [0.05, 0.1) is 6.04 Å². The van der Waals surface area contributed by atoms with Crippen LogP contribution in [0, 0.1) is 0 Å². The number of fused-ring (bicyclic) bond motifs is 2. The summed E-state index contributed by atoms with van der Waals surface area (Å²) in [5.74, 6) is -0.0357. The number of hydrogen-bond donors (Lipinski definition) is 1. The highest BCUT2D eigenvalue weighted by Gasteiger charge is 2.27. The van der Waals surface area contributed by atoms with Crippen molar-refractivity contribution in [1.82, 2.24) is 15.2 Å². The van der Waals surface area contributed by atoms with Gasteiger partial charge in [0.2, 0.25) is 0 Å². The maximum atomic E-state index is 12.5. The van der Waals surface area contributed by atoms with Crippen LogP contribution < -0.4 is 5.32 Å². The van der Waals surface area contributed by atoms with Crippen molar-refractivity contribution in [3.05, 3.63) is 77.6 Å². The highest BCUT2D eigenvalue weighted by atomic mass is 16.1. The summed E-state index contributed by atoms with van der Waals surface area (Å²) < 4.78 is 0. The monoisotopic (exact) mass is 317 g/mol. The standard InChI is InChI=1S/C20H19N3O/c1-23-13-17-4-2-3-5-18(17)19(23)12-22-20(24)15-6-7-16-11-21-9-8-14(16)10-15/h2-11,19H,12-13H2,1H3,(H,22,24). The number of likely N-dealkylation sites (N-methyl/N-ethyl adjacent to an activating group) is 1. The molecule has 1 aliphatic heterocycles. The number of hydrogen-bond acceptors (Lipinski definition) is 3. The SMILES string of the molecule is CN1Cc2ccccc2C1CNC(=O)c1ccc2cnccc2c1. The van der Waals surface area contributed by atoms with E-state index >= 15 is 0 Å². The van der Waals surface area contributed by atoms with Gasteiger partial charge in [-0.05, 0) is 41.8 Å². The van der Waals surface area contributed by atoms with Crippen molar-refractivity contribution >= 4 is 16.7 Å². The second-order valence-electron chi connectivity index (χ2n) is 6.28. The van der Waals surface area contributed by atoms with E-state index in [2.05, 4.69) is 46.5 Å². The summed E-state index contributed by atoms with van der Waals surface area (Å²) in [6.07, 6.45) is 3.55. The molecule has 4 rings (SSSR count). The molecular formula is C20H19N3O. The van der Waals surface area contributed by atoms with Gasteiger partial charge in [0.15, 0.2) is 0 Å². The molecule has 1 aliphatic rings. The van der Waals surface area contributed by atoms with Crippen LogP contribution in [0.4, 0.5) is 0 Å². The van der Waals surface area contributed by atoms with Crippen molar-refractivity contribution in [2.75, 3.05) is 13.6 Å². The van der Waals surface area contributed by atoms with Gasteiger partial charge < -0.3 is 5.32 Å². The number of pyridine rings is 1. The summed E-state index contributed by atoms with van der Waals surface area (Å²) in [5.41, 5.74) is 3.34. The Bertz CT molecular complexity index is 906. The molecule has 0 spiro atoms. The van der Waals surface area contributed by atoms with Gasteiger partial charge in [-0.15, -0.1) is 0 Å². The molecule has 0 radical (unpaired) electrons. The van der Waals surface area contributed by atoms with Gasteiger partial charge >= 0.3 is 0 Å². The Balaban J connectivity index is 1.50. The fourth-order valence-corrected chi connectivity index (χ4v) is 3.40. The molecule has 24 heavy (non-hydrogen) atoms. The number of carbonyl (C=O) groups is 1. The minimum Gasteiger partial charge on any atom is -0.350 e. The Hall–Kier alpha value is -2.72. The van der Waals surface area contributed by atoms with Gasteiger partial charge in [0, 0.05) is 36.4 Å². The van der Waals surface area contributed by atoms with Crippen LogP contribution in [0.3, 0.4) is 0 Å². The van der Waals surface area contributed by atoms with E-state index < -0.39 is 0 Å². The molecule has 0 saturated heterocycles. The Morgan fingerprint density at radius 2 is 2.08 bits per heavy atom. The Labute approximate surface area is 141 Å².